The van der Waals surface area contributed by atoms with Crippen LogP contribution in [-0.4, -0.2) is 50.1 Å². The van der Waals surface area contributed by atoms with Crippen molar-refractivity contribution in [3.05, 3.63) is 23.8 Å². The zero-order valence-electron chi connectivity index (χ0n) is 10.6. The molecule has 1 saturated heterocycles. The minimum atomic E-state index is -3.82. The first kappa shape index (κ1) is 14.6. The number of anilines is 2. The maximum atomic E-state index is 12.2. The molecule has 0 spiro atoms. The van der Waals surface area contributed by atoms with E-state index in [1.165, 1.54) is 22.5 Å². The Hall–Kier alpha value is -1.84. The summed E-state index contributed by atoms with van der Waals surface area (Å²) < 4.78 is 32.9. The quantitative estimate of drug-likeness (QED) is 0.671. The molecule has 110 valence electrons. The van der Waals surface area contributed by atoms with E-state index in [0.29, 0.717) is 13.2 Å². The van der Waals surface area contributed by atoms with Crippen LogP contribution in [0.2, 0.25) is 0 Å². The number of aromatic carboxylic acids is 1. The van der Waals surface area contributed by atoms with Crippen molar-refractivity contribution < 1.29 is 23.1 Å². The van der Waals surface area contributed by atoms with Gasteiger partial charge in [-0.2, -0.15) is 12.7 Å². The fraction of sp³-hybridized carbons (Fsp3) is 0.364. The highest BCUT2D eigenvalue weighted by atomic mass is 32.2. The number of rotatable bonds is 4. The van der Waals surface area contributed by atoms with Crippen molar-refractivity contribution in [2.45, 2.75) is 0 Å². The van der Waals surface area contributed by atoms with E-state index in [4.69, 9.17) is 15.6 Å². The van der Waals surface area contributed by atoms with Gasteiger partial charge >= 0.3 is 16.2 Å². The summed E-state index contributed by atoms with van der Waals surface area (Å²) in [5.41, 5.74) is 5.63. The molecule has 1 aromatic carbocycles. The van der Waals surface area contributed by atoms with Crippen LogP contribution in [0.1, 0.15) is 10.4 Å². The lowest BCUT2D eigenvalue weighted by Gasteiger charge is -2.26. The van der Waals surface area contributed by atoms with Gasteiger partial charge in [0, 0.05) is 18.8 Å². The minimum Gasteiger partial charge on any atom is -0.478 e. The Balaban J connectivity index is 2.28. The molecule has 8 nitrogen and oxygen atoms in total. The van der Waals surface area contributed by atoms with Crippen LogP contribution in [0.3, 0.4) is 0 Å². The number of nitrogen functional groups attached to an aromatic ring is 1. The number of benzene rings is 1. The number of hydrogen-bond acceptors (Lipinski definition) is 5. The molecule has 0 bridgehead atoms. The van der Waals surface area contributed by atoms with Gasteiger partial charge in [-0.3, -0.25) is 4.72 Å². The third-order valence-corrected chi connectivity index (χ3v) is 4.35. The Morgan fingerprint density at radius 2 is 2.00 bits per heavy atom. The Bertz CT molecular complexity index is 610. The number of carboxylic acid groups (broad SMARTS) is 1. The zero-order chi connectivity index (χ0) is 14.8. The molecule has 0 atom stereocenters. The molecule has 20 heavy (non-hydrogen) atoms. The molecule has 0 amide bonds. The van der Waals surface area contributed by atoms with E-state index >= 15 is 0 Å². The van der Waals surface area contributed by atoms with Crippen molar-refractivity contribution in [1.82, 2.24) is 4.31 Å². The second-order valence-electron chi connectivity index (χ2n) is 4.23. The van der Waals surface area contributed by atoms with Crippen molar-refractivity contribution >= 4 is 27.6 Å². The summed E-state index contributed by atoms with van der Waals surface area (Å²) in [6.45, 7) is 1.06. The Morgan fingerprint density at radius 1 is 1.35 bits per heavy atom. The van der Waals surface area contributed by atoms with Crippen molar-refractivity contribution in [3.8, 4) is 0 Å². The van der Waals surface area contributed by atoms with Gasteiger partial charge in [0.1, 0.15) is 0 Å². The van der Waals surface area contributed by atoms with Crippen LogP contribution in [0.4, 0.5) is 11.4 Å². The maximum Gasteiger partial charge on any atom is 0.337 e. The van der Waals surface area contributed by atoms with Gasteiger partial charge in [0.05, 0.1) is 24.5 Å². The molecule has 1 aliphatic heterocycles. The van der Waals surface area contributed by atoms with Crippen molar-refractivity contribution in [2.75, 3.05) is 36.8 Å². The van der Waals surface area contributed by atoms with E-state index < -0.39 is 16.2 Å². The summed E-state index contributed by atoms with van der Waals surface area (Å²) in [6, 6.07) is 3.94. The summed E-state index contributed by atoms with van der Waals surface area (Å²) >= 11 is 0. The lowest BCUT2D eigenvalue weighted by molar-refractivity contribution is 0.0697. The highest BCUT2D eigenvalue weighted by molar-refractivity contribution is 7.90. The lowest BCUT2D eigenvalue weighted by atomic mass is 10.1. The third kappa shape index (κ3) is 3.18. The lowest BCUT2D eigenvalue weighted by Crippen LogP contribution is -2.43. The van der Waals surface area contributed by atoms with E-state index in [1.54, 1.807) is 0 Å². The molecule has 0 aliphatic carbocycles. The van der Waals surface area contributed by atoms with Crippen LogP contribution in [0.25, 0.3) is 0 Å². The minimum absolute atomic E-state index is 0.0519. The van der Waals surface area contributed by atoms with E-state index in [2.05, 4.69) is 4.72 Å². The normalized spacial score (nSPS) is 16.8. The average Bonchev–Trinajstić information content (AvgIpc) is 2.39. The monoisotopic (exact) mass is 301 g/mol. The predicted octanol–water partition coefficient (Wildman–Crippen LogP) is -0.0441. The number of nitrogens with one attached hydrogen (secondary N) is 1. The Kier molecular flexibility index (Phi) is 4.12. The number of nitrogens with two attached hydrogens (primary N) is 1. The Labute approximate surface area is 116 Å². The molecule has 9 heteroatoms. The first-order valence-corrected chi connectivity index (χ1v) is 7.32. The molecule has 0 radical (unpaired) electrons. The third-order valence-electron chi connectivity index (χ3n) is 2.82. The van der Waals surface area contributed by atoms with Gasteiger partial charge in [0.15, 0.2) is 0 Å². The zero-order valence-corrected chi connectivity index (χ0v) is 11.4. The van der Waals surface area contributed by atoms with Gasteiger partial charge in [-0.15, -0.1) is 0 Å². The molecular weight excluding hydrogens is 286 g/mol. The molecule has 1 aliphatic rings. The molecule has 1 aromatic rings. The Morgan fingerprint density at radius 3 is 2.60 bits per heavy atom. The SMILES string of the molecule is Nc1ccc(C(=O)O)c(NS(=O)(=O)N2CCOCC2)c1. The largest absolute Gasteiger partial charge is 0.478 e. The molecule has 1 heterocycles. The van der Waals surface area contributed by atoms with E-state index in [0.717, 1.165) is 0 Å². The summed E-state index contributed by atoms with van der Waals surface area (Å²) in [4.78, 5) is 11.1. The van der Waals surface area contributed by atoms with Crippen molar-refractivity contribution in [1.29, 1.82) is 0 Å². The summed E-state index contributed by atoms with van der Waals surface area (Å²) in [5, 5.41) is 9.05. The topological polar surface area (TPSA) is 122 Å². The van der Waals surface area contributed by atoms with Crippen LogP contribution >= 0.6 is 0 Å². The van der Waals surface area contributed by atoms with Gasteiger partial charge in [-0.25, -0.2) is 4.79 Å². The van der Waals surface area contributed by atoms with Gasteiger partial charge in [-0.05, 0) is 18.2 Å². The first-order chi connectivity index (χ1) is 9.40. The maximum absolute atomic E-state index is 12.2. The van der Waals surface area contributed by atoms with Crippen LogP contribution in [-0.2, 0) is 14.9 Å². The number of carbonyl (C=O) groups is 1. The van der Waals surface area contributed by atoms with Gasteiger partial charge < -0.3 is 15.6 Å². The predicted molar refractivity (Wildman–Crippen MR) is 72.7 cm³/mol. The summed E-state index contributed by atoms with van der Waals surface area (Å²) in [7, 11) is -3.82. The standard InChI is InChI=1S/C11H15N3O5S/c12-8-1-2-9(11(15)16)10(7-8)13-20(17,18)14-3-5-19-6-4-14/h1-2,7,13H,3-6,12H2,(H,15,16). The molecule has 0 unspecified atom stereocenters. The fourth-order valence-corrected chi connectivity index (χ4v) is 3.03. The molecule has 1 fully saturated rings. The molecular formula is C11H15N3O5S. The number of carboxylic acids is 1. The van der Waals surface area contributed by atoms with Gasteiger partial charge in [-0.1, -0.05) is 0 Å². The van der Waals surface area contributed by atoms with Crippen LogP contribution in [0.15, 0.2) is 18.2 Å². The second kappa shape index (κ2) is 5.65. The van der Waals surface area contributed by atoms with Gasteiger partial charge in [0.2, 0.25) is 0 Å². The molecule has 0 saturated carbocycles. The molecule has 4 N–H and O–H groups in total. The van der Waals surface area contributed by atoms with Crippen LogP contribution in [0.5, 0.6) is 0 Å². The molecule has 2 rings (SSSR count). The number of nitrogens with zero attached hydrogens (tertiary/aromatic N) is 1. The summed E-state index contributed by atoms with van der Waals surface area (Å²) in [5.74, 6) is -1.23. The molecule has 0 aromatic heterocycles. The highest BCUT2D eigenvalue weighted by Crippen LogP contribution is 2.21. The van der Waals surface area contributed by atoms with E-state index in [-0.39, 0.29) is 30.0 Å². The van der Waals surface area contributed by atoms with Gasteiger partial charge in [0.25, 0.3) is 0 Å². The number of morpholine rings is 1. The van der Waals surface area contributed by atoms with E-state index in [1.807, 2.05) is 0 Å². The highest BCUT2D eigenvalue weighted by Gasteiger charge is 2.25. The number of hydrogen-bond donors (Lipinski definition) is 3. The number of ether oxygens (including phenoxy) is 1. The fourth-order valence-electron chi connectivity index (χ4n) is 1.82. The van der Waals surface area contributed by atoms with Crippen molar-refractivity contribution in [3.63, 3.8) is 0 Å². The average molecular weight is 301 g/mol. The van der Waals surface area contributed by atoms with Crippen molar-refractivity contribution in [2.24, 2.45) is 0 Å². The summed E-state index contributed by atoms with van der Waals surface area (Å²) in [6.07, 6.45) is 0. The van der Waals surface area contributed by atoms with Crippen LogP contribution in [0, 0.1) is 0 Å². The van der Waals surface area contributed by atoms with Crippen LogP contribution < -0.4 is 10.5 Å². The second-order valence-corrected chi connectivity index (χ2v) is 5.90. The first-order valence-electron chi connectivity index (χ1n) is 5.88. The smallest absolute Gasteiger partial charge is 0.337 e. The van der Waals surface area contributed by atoms with E-state index in [9.17, 15) is 13.2 Å².